The molecule has 1 aliphatic heterocycles. The third-order valence-electron chi connectivity index (χ3n) is 3.87. The van der Waals surface area contributed by atoms with Gasteiger partial charge in [-0.15, -0.1) is 0 Å². The number of nitrogens with zero attached hydrogens (tertiary/aromatic N) is 2. The number of carbonyl (C=O) groups is 1. The van der Waals surface area contributed by atoms with Crippen molar-refractivity contribution in [3.05, 3.63) is 0 Å². The molecule has 7 heteroatoms. The Labute approximate surface area is 140 Å². The Hall–Kier alpha value is -1.34. The Morgan fingerprint density at radius 1 is 1.22 bits per heavy atom. The van der Waals surface area contributed by atoms with Crippen LogP contribution in [0.15, 0.2) is 4.99 Å². The molecular formula is C16H34N6O. The molecule has 0 aliphatic carbocycles. The minimum atomic E-state index is 0.0835. The van der Waals surface area contributed by atoms with Crippen molar-refractivity contribution < 1.29 is 4.79 Å². The highest BCUT2D eigenvalue weighted by atomic mass is 16.1. The number of rotatable bonds is 6. The lowest BCUT2D eigenvalue weighted by molar-refractivity contribution is -0.122. The van der Waals surface area contributed by atoms with Crippen molar-refractivity contribution in [2.24, 2.45) is 4.99 Å². The molecule has 0 aromatic rings. The van der Waals surface area contributed by atoms with Crippen molar-refractivity contribution in [3.8, 4) is 0 Å². The summed E-state index contributed by atoms with van der Waals surface area (Å²) in [5, 5.41) is 12.9. The van der Waals surface area contributed by atoms with Gasteiger partial charge in [-0.3, -0.25) is 14.7 Å². The minimum absolute atomic E-state index is 0.0835. The van der Waals surface area contributed by atoms with E-state index in [1.807, 2.05) is 0 Å². The van der Waals surface area contributed by atoms with Crippen LogP contribution >= 0.6 is 0 Å². The largest absolute Gasteiger partial charge is 0.358 e. The lowest BCUT2D eigenvalue weighted by Crippen LogP contribution is -2.51. The summed E-state index contributed by atoms with van der Waals surface area (Å²) in [4.78, 5) is 17.9. The molecule has 0 aromatic carbocycles. The van der Waals surface area contributed by atoms with Crippen molar-refractivity contribution in [3.63, 3.8) is 0 Å². The van der Waals surface area contributed by atoms with Gasteiger partial charge in [0.15, 0.2) is 5.96 Å². The van der Waals surface area contributed by atoms with Gasteiger partial charge in [-0.2, -0.15) is 0 Å². The molecule has 0 unspecified atom stereocenters. The molecule has 1 aliphatic rings. The maximum Gasteiger partial charge on any atom is 0.233 e. The Morgan fingerprint density at radius 3 is 2.39 bits per heavy atom. The first-order chi connectivity index (χ1) is 10.8. The van der Waals surface area contributed by atoms with Gasteiger partial charge in [0, 0.05) is 51.9 Å². The Balaban J connectivity index is 2.23. The van der Waals surface area contributed by atoms with Gasteiger partial charge in [0.2, 0.25) is 5.91 Å². The van der Waals surface area contributed by atoms with Crippen molar-refractivity contribution >= 4 is 11.9 Å². The van der Waals surface area contributed by atoms with E-state index in [1.165, 1.54) is 0 Å². The van der Waals surface area contributed by atoms with Crippen LogP contribution in [0.3, 0.4) is 0 Å². The van der Waals surface area contributed by atoms with Crippen LogP contribution in [0.5, 0.6) is 0 Å². The first-order valence-corrected chi connectivity index (χ1v) is 8.49. The van der Waals surface area contributed by atoms with Crippen LogP contribution in [0.25, 0.3) is 0 Å². The van der Waals surface area contributed by atoms with Crippen molar-refractivity contribution in [2.75, 3.05) is 46.8 Å². The summed E-state index contributed by atoms with van der Waals surface area (Å²) < 4.78 is 0. The highest BCUT2D eigenvalue weighted by Crippen LogP contribution is 2.09. The van der Waals surface area contributed by atoms with Gasteiger partial charge in [0.25, 0.3) is 0 Å². The summed E-state index contributed by atoms with van der Waals surface area (Å²) in [7, 11) is 3.48. The third kappa shape index (κ3) is 8.76. The normalized spacial score (nSPS) is 17.9. The number of piperidine rings is 1. The van der Waals surface area contributed by atoms with Crippen LogP contribution in [0, 0.1) is 0 Å². The first-order valence-electron chi connectivity index (χ1n) is 8.49. The third-order valence-corrected chi connectivity index (χ3v) is 3.87. The number of hydrogen-bond donors (Lipinski definition) is 4. The molecule has 1 heterocycles. The smallest absolute Gasteiger partial charge is 0.233 e. The Morgan fingerprint density at radius 2 is 1.87 bits per heavy atom. The maximum atomic E-state index is 11.4. The van der Waals surface area contributed by atoms with E-state index in [9.17, 15) is 4.79 Å². The second-order valence-electron chi connectivity index (χ2n) is 7.04. The van der Waals surface area contributed by atoms with Gasteiger partial charge >= 0.3 is 0 Å². The second-order valence-corrected chi connectivity index (χ2v) is 7.04. The lowest BCUT2D eigenvalue weighted by Gasteiger charge is -2.32. The summed E-state index contributed by atoms with van der Waals surface area (Å²) in [6, 6.07) is 0.415. The van der Waals surface area contributed by atoms with E-state index < -0.39 is 0 Å². The molecule has 0 saturated carbocycles. The number of guanidine groups is 1. The van der Waals surface area contributed by atoms with E-state index in [-0.39, 0.29) is 11.4 Å². The Kier molecular flexibility index (Phi) is 8.33. The van der Waals surface area contributed by atoms with Crippen LogP contribution < -0.4 is 21.3 Å². The topological polar surface area (TPSA) is 80.8 Å². The highest BCUT2D eigenvalue weighted by molar-refractivity contribution is 5.80. The average Bonchev–Trinajstić information content (AvgIpc) is 2.50. The van der Waals surface area contributed by atoms with Crippen LogP contribution in [0.4, 0.5) is 0 Å². The standard InChI is InChI=1S/C16H34N6O/c1-16(2,3)20-9-8-19-15(18-5)21-13-6-10-22(11-7-13)12-14(23)17-4/h13,20H,6-12H2,1-5H3,(H,17,23)(H2,18,19,21). The number of likely N-dealkylation sites (N-methyl/N-ethyl adjacent to an activating group) is 1. The van der Waals surface area contributed by atoms with Gasteiger partial charge in [-0.1, -0.05) is 0 Å². The molecule has 23 heavy (non-hydrogen) atoms. The minimum Gasteiger partial charge on any atom is -0.358 e. The fraction of sp³-hybridized carbons (Fsp3) is 0.875. The molecule has 7 nitrogen and oxygen atoms in total. The molecule has 1 fully saturated rings. The van der Waals surface area contributed by atoms with Crippen molar-refractivity contribution in [2.45, 2.75) is 45.2 Å². The first kappa shape index (κ1) is 19.7. The average molecular weight is 326 g/mol. The second kappa shape index (κ2) is 9.72. The van der Waals surface area contributed by atoms with Crippen LogP contribution in [0.1, 0.15) is 33.6 Å². The summed E-state index contributed by atoms with van der Waals surface area (Å²) in [6.45, 7) is 10.6. The molecule has 0 spiro atoms. The zero-order valence-electron chi connectivity index (χ0n) is 15.3. The van der Waals surface area contributed by atoms with E-state index in [1.54, 1.807) is 14.1 Å². The number of aliphatic imine (C=N–C) groups is 1. The van der Waals surface area contributed by atoms with Crippen LogP contribution in [-0.2, 0) is 4.79 Å². The number of nitrogens with one attached hydrogen (secondary N) is 4. The molecule has 0 radical (unpaired) electrons. The summed E-state index contributed by atoms with van der Waals surface area (Å²) in [5.41, 5.74) is 0.135. The quantitative estimate of drug-likeness (QED) is 0.307. The maximum absolute atomic E-state index is 11.4. The summed E-state index contributed by atoms with van der Waals surface area (Å²) >= 11 is 0. The fourth-order valence-electron chi connectivity index (χ4n) is 2.52. The van der Waals surface area contributed by atoms with Gasteiger partial charge in [-0.25, -0.2) is 0 Å². The van der Waals surface area contributed by atoms with Crippen LogP contribution in [-0.4, -0.2) is 75.2 Å². The Bertz CT molecular complexity index is 383. The molecule has 4 N–H and O–H groups in total. The van der Waals surface area contributed by atoms with Crippen molar-refractivity contribution in [1.29, 1.82) is 0 Å². The molecule has 0 atom stereocenters. The van der Waals surface area contributed by atoms with Gasteiger partial charge in [0.05, 0.1) is 6.54 Å². The lowest BCUT2D eigenvalue weighted by atomic mass is 10.1. The molecule has 0 bridgehead atoms. The number of amides is 1. The molecular weight excluding hydrogens is 292 g/mol. The number of carbonyl (C=O) groups excluding carboxylic acids is 1. The van der Waals surface area contributed by atoms with Gasteiger partial charge < -0.3 is 21.3 Å². The predicted octanol–water partition coefficient (Wildman–Crippen LogP) is -0.250. The highest BCUT2D eigenvalue weighted by Gasteiger charge is 2.21. The fourth-order valence-corrected chi connectivity index (χ4v) is 2.52. The SMILES string of the molecule is CN=C(NCCNC(C)(C)C)NC1CCN(CC(=O)NC)CC1. The monoisotopic (exact) mass is 326 g/mol. The van der Waals surface area contributed by atoms with E-state index in [0.29, 0.717) is 12.6 Å². The van der Waals surface area contributed by atoms with Crippen molar-refractivity contribution in [1.82, 2.24) is 26.2 Å². The zero-order chi connectivity index (χ0) is 17.3. The van der Waals surface area contributed by atoms with Crippen LogP contribution in [0.2, 0.25) is 0 Å². The molecule has 0 aromatic heterocycles. The van der Waals surface area contributed by atoms with E-state index in [2.05, 4.69) is 51.9 Å². The number of hydrogen-bond acceptors (Lipinski definition) is 4. The van der Waals surface area contributed by atoms with E-state index in [0.717, 1.165) is 45.0 Å². The zero-order valence-corrected chi connectivity index (χ0v) is 15.3. The van der Waals surface area contributed by atoms with E-state index in [4.69, 9.17) is 0 Å². The predicted molar refractivity (Wildman–Crippen MR) is 95.8 cm³/mol. The molecule has 134 valence electrons. The summed E-state index contributed by atoms with van der Waals surface area (Å²) in [5.74, 6) is 0.936. The molecule has 1 amide bonds. The molecule has 1 saturated heterocycles. The molecule has 1 rings (SSSR count). The van der Waals surface area contributed by atoms with Gasteiger partial charge in [0.1, 0.15) is 0 Å². The number of likely N-dealkylation sites (tertiary alicyclic amines) is 1. The van der Waals surface area contributed by atoms with Gasteiger partial charge in [-0.05, 0) is 33.6 Å². The van der Waals surface area contributed by atoms with E-state index >= 15 is 0 Å². The summed E-state index contributed by atoms with van der Waals surface area (Å²) in [6.07, 6.45) is 2.05.